The van der Waals surface area contributed by atoms with Crippen LogP contribution in [0.3, 0.4) is 0 Å². The van der Waals surface area contributed by atoms with Gasteiger partial charge in [0.1, 0.15) is 0 Å². The van der Waals surface area contributed by atoms with E-state index in [1.807, 2.05) is 13.1 Å². The standard InChI is InChI=1S/C18H24N2/c1-4-11-19-18(17-10-9-15(3)20-13-17)12-16-8-6-5-7-14(16)2/h5-10,13,18-19H,4,11-12H2,1-3H3. The molecule has 1 N–H and O–H groups in total. The summed E-state index contributed by atoms with van der Waals surface area (Å²) in [5, 5.41) is 3.64. The van der Waals surface area contributed by atoms with Crippen molar-refractivity contribution in [2.45, 2.75) is 39.7 Å². The molecule has 2 aromatic rings. The molecule has 0 saturated heterocycles. The van der Waals surface area contributed by atoms with Crippen molar-refractivity contribution in [3.63, 3.8) is 0 Å². The molecule has 106 valence electrons. The molecule has 0 bridgehead atoms. The zero-order chi connectivity index (χ0) is 14.4. The minimum Gasteiger partial charge on any atom is -0.310 e. The Morgan fingerprint density at radius 1 is 1.10 bits per heavy atom. The molecule has 0 radical (unpaired) electrons. The molecule has 2 rings (SSSR count). The first-order valence-corrected chi connectivity index (χ1v) is 7.41. The second-order valence-corrected chi connectivity index (χ2v) is 5.37. The molecule has 20 heavy (non-hydrogen) atoms. The number of hydrogen-bond acceptors (Lipinski definition) is 2. The lowest BCUT2D eigenvalue weighted by Gasteiger charge is -2.20. The zero-order valence-electron chi connectivity index (χ0n) is 12.7. The molecule has 1 atom stereocenters. The Morgan fingerprint density at radius 3 is 2.55 bits per heavy atom. The fourth-order valence-electron chi connectivity index (χ4n) is 2.37. The summed E-state index contributed by atoms with van der Waals surface area (Å²) < 4.78 is 0. The van der Waals surface area contributed by atoms with E-state index in [9.17, 15) is 0 Å². The van der Waals surface area contributed by atoms with Crippen LogP contribution in [0.5, 0.6) is 0 Å². The Labute approximate surface area is 122 Å². The summed E-state index contributed by atoms with van der Waals surface area (Å²) in [4.78, 5) is 4.43. The molecular weight excluding hydrogens is 244 g/mol. The van der Waals surface area contributed by atoms with E-state index in [2.05, 4.69) is 60.5 Å². The van der Waals surface area contributed by atoms with Crippen LogP contribution in [0.4, 0.5) is 0 Å². The predicted molar refractivity (Wildman–Crippen MR) is 84.9 cm³/mol. The lowest BCUT2D eigenvalue weighted by molar-refractivity contribution is 0.527. The van der Waals surface area contributed by atoms with Gasteiger partial charge in [0, 0.05) is 17.9 Å². The SMILES string of the molecule is CCCNC(Cc1ccccc1C)c1ccc(C)nc1. The summed E-state index contributed by atoms with van der Waals surface area (Å²) in [7, 11) is 0. The monoisotopic (exact) mass is 268 g/mol. The van der Waals surface area contributed by atoms with Crippen molar-refractivity contribution < 1.29 is 0 Å². The van der Waals surface area contributed by atoms with Crippen LogP contribution < -0.4 is 5.32 Å². The predicted octanol–water partition coefficient (Wildman–Crippen LogP) is 3.98. The average Bonchev–Trinajstić information content (AvgIpc) is 2.46. The summed E-state index contributed by atoms with van der Waals surface area (Å²) in [5.41, 5.74) is 5.10. The van der Waals surface area contributed by atoms with E-state index < -0.39 is 0 Å². The van der Waals surface area contributed by atoms with E-state index in [1.54, 1.807) is 0 Å². The summed E-state index contributed by atoms with van der Waals surface area (Å²) in [5.74, 6) is 0. The number of aromatic nitrogens is 1. The number of hydrogen-bond donors (Lipinski definition) is 1. The van der Waals surface area contributed by atoms with Crippen LogP contribution in [-0.2, 0) is 6.42 Å². The maximum Gasteiger partial charge on any atom is 0.0376 e. The number of benzene rings is 1. The van der Waals surface area contributed by atoms with Crippen LogP contribution in [-0.4, -0.2) is 11.5 Å². The second kappa shape index (κ2) is 7.20. The lowest BCUT2D eigenvalue weighted by Crippen LogP contribution is -2.24. The molecule has 1 aromatic carbocycles. The molecule has 1 heterocycles. The van der Waals surface area contributed by atoms with Crippen molar-refractivity contribution in [2.24, 2.45) is 0 Å². The zero-order valence-corrected chi connectivity index (χ0v) is 12.7. The largest absolute Gasteiger partial charge is 0.310 e. The molecule has 1 unspecified atom stereocenters. The molecule has 1 aromatic heterocycles. The molecule has 0 aliphatic heterocycles. The van der Waals surface area contributed by atoms with E-state index in [-0.39, 0.29) is 0 Å². The van der Waals surface area contributed by atoms with Crippen LogP contribution in [0.2, 0.25) is 0 Å². The van der Waals surface area contributed by atoms with Gasteiger partial charge in [-0.15, -0.1) is 0 Å². The normalized spacial score (nSPS) is 12.3. The molecule has 0 saturated carbocycles. The summed E-state index contributed by atoms with van der Waals surface area (Å²) in [6.07, 6.45) is 4.15. The summed E-state index contributed by atoms with van der Waals surface area (Å²) in [6, 6.07) is 13.2. The highest BCUT2D eigenvalue weighted by molar-refractivity contribution is 5.28. The van der Waals surface area contributed by atoms with Crippen LogP contribution in [0.1, 0.15) is 41.8 Å². The quantitative estimate of drug-likeness (QED) is 0.857. The van der Waals surface area contributed by atoms with E-state index in [4.69, 9.17) is 0 Å². The van der Waals surface area contributed by atoms with Gasteiger partial charge in [0.25, 0.3) is 0 Å². The highest BCUT2D eigenvalue weighted by atomic mass is 14.9. The molecule has 0 fully saturated rings. The number of rotatable bonds is 6. The van der Waals surface area contributed by atoms with Gasteiger partial charge in [-0.25, -0.2) is 0 Å². The number of pyridine rings is 1. The molecule has 2 heteroatoms. The number of aryl methyl sites for hydroxylation is 2. The van der Waals surface area contributed by atoms with Gasteiger partial charge in [0.2, 0.25) is 0 Å². The summed E-state index contributed by atoms with van der Waals surface area (Å²) in [6.45, 7) is 7.44. The highest BCUT2D eigenvalue weighted by Gasteiger charge is 2.12. The maximum absolute atomic E-state index is 4.43. The highest BCUT2D eigenvalue weighted by Crippen LogP contribution is 2.20. The van der Waals surface area contributed by atoms with Crippen molar-refractivity contribution in [3.05, 3.63) is 65.0 Å². The first-order valence-electron chi connectivity index (χ1n) is 7.41. The Morgan fingerprint density at radius 2 is 1.90 bits per heavy atom. The lowest BCUT2D eigenvalue weighted by atomic mass is 9.97. The van der Waals surface area contributed by atoms with Gasteiger partial charge in [-0.05, 0) is 56.0 Å². The fourth-order valence-corrected chi connectivity index (χ4v) is 2.37. The van der Waals surface area contributed by atoms with Gasteiger partial charge in [-0.1, -0.05) is 37.3 Å². The van der Waals surface area contributed by atoms with Crippen LogP contribution in [0.15, 0.2) is 42.6 Å². The van der Waals surface area contributed by atoms with Gasteiger partial charge in [0.05, 0.1) is 0 Å². The van der Waals surface area contributed by atoms with E-state index >= 15 is 0 Å². The molecule has 0 aliphatic carbocycles. The smallest absolute Gasteiger partial charge is 0.0376 e. The number of nitrogens with one attached hydrogen (secondary N) is 1. The van der Waals surface area contributed by atoms with Crippen molar-refractivity contribution in [3.8, 4) is 0 Å². The molecule has 0 spiro atoms. The van der Waals surface area contributed by atoms with Crippen LogP contribution in [0, 0.1) is 13.8 Å². The van der Waals surface area contributed by atoms with Gasteiger partial charge >= 0.3 is 0 Å². The Bertz CT molecular complexity index is 531. The average molecular weight is 268 g/mol. The van der Waals surface area contributed by atoms with Crippen molar-refractivity contribution >= 4 is 0 Å². The Hall–Kier alpha value is -1.67. The third kappa shape index (κ3) is 3.91. The maximum atomic E-state index is 4.43. The van der Waals surface area contributed by atoms with Gasteiger partial charge < -0.3 is 5.32 Å². The third-order valence-corrected chi connectivity index (χ3v) is 3.66. The minimum absolute atomic E-state index is 0.337. The molecule has 2 nitrogen and oxygen atoms in total. The van der Waals surface area contributed by atoms with Gasteiger partial charge in [0.15, 0.2) is 0 Å². The van der Waals surface area contributed by atoms with E-state index in [1.165, 1.54) is 16.7 Å². The minimum atomic E-state index is 0.337. The van der Waals surface area contributed by atoms with Crippen molar-refractivity contribution in [1.29, 1.82) is 0 Å². The Kier molecular flexibility index (Phi) is 5.31. The van der Waals surface area contributed by atoms with Crippen molar-refractivity contribution in [2.75, 3.05) is 6.54 Å². The number of nitrogens with zero attached hydrogens (tertiary/aromatic N) is 1. The van der Waals surface area contributed by atoms with E-state index in [0.717, 1.165) is 25.1 Å². The summed E-state index contributed by atoms with van der Waals surface area (Å²) >= 11 is 0. The first kappa shape index (κ1) is 14.7. The van der Waals surface area contributed by atoms with Crippen molar-refractivity contribution in [1.82, 2.24) is 10.3 Å². The molecule has 0 amide bonds. The van der Waals surface area contributed by atoms with Crippen LogP contribution in [0.25, 0.3) is 0 Å². The fraction of sp³-hybridized carbons (Fsp3) is 0.389. The topological polar surface area (TPSA) is 24.9 Å². The van der Waals surface area contributed by atoms with Crippen LogP contribution >= 0.6 is 0 Å². The van der Waals surface area contributed by atoms with Gasteiger partial charge in [-0.3, -0.25) is 4.98 Å². The Balaban J connectivity index is 2.19. The second-order valence-electron chi connectivity index (χ2n) is 5.37. The third-order valence-electron chi connectivity index (χ3n) is 3.66. The van der Waals surface area contributed by atoms with E-state index in [0.29, 0.717) is 6.04 Å². The molecule has 0 aliphatic rings. The first-order chi connectivity index (χ1) is 9.70. The van der Waals surface area contributed by atoms with Gasteiger partial charge in [-0.2, -0.15) is 0 Å². The molecular formula is C18H24N2.